The molecule has 3 heteroatoms. The topological polar surface area (TPSA) is 18.5 Å². The van der Waals surface area contributed by atoms with Crippen LogP contribution in [0.3, 0.4) is 0 Å². The van der Waals surface area contributed by atoms with Gasteiger partial charge in [0.25, 0.3) is 0 Å². The summed E-state index contributed by atoms with van der Waals surface area (Å²) in [6.07, 6.45) is 13.7. The number of benzene rings is 2. The van der Waals surface area contributed by atoms with Gasteiger partial charge in [-0.3, -0.25) is 0 Å². The minimum Gasteiger partial charge on any atom is -0.496 e. The maximum atomic E-state index is 5.76. The molecule has 2 aromatic carbocycles. The fraction of sp³-hybridized carbons (Fsp3) is 0.538. The molecule has 1 fully saturated rings. The second-order valence-corrected chi connectivity index (χ2v) is 10.7. The molecule has 0 radical (unpaired) electrons. The Morgan fingerprint density at radius 2 is 1.52 bits per heavy atom. The maximum Gasteiger partial charge on any atom is 0.130 e. The number of ether oxygens (including phenoxy) is 2. The van der Waals surface area contributed by atoms with E-state index in [-0.39, 0.29) is 7.92 Å². The SMILES string of the molecule is CCCCCCP(c1ccccc1-c1c(OC)cccc1OC)C1CCCCC1. The highest BCUT2D eigenvalue weighted by Crippen LogP contribution is 2.51. The molecule has 29 heavy (non-hydrogen) atoms. The van der Waals surface area contributed by atoms with Gasteiger partial charge in [0.15, 0.2) is 0 Å². The molecule has 3 rings (SSSR count). The summed E-state index contributed by atoms with van der Waals surface area (Å²) >= 11 is 0. The third-order valence-corrected chi connectivity index (χ3v) is 9.38. The molecule has 2 nitrogen and oxygen atoms in total. The van der Waals surface area contributed by atoms with Crippen molar-refractivity contribution in [3.63, 3.8) is 0 Å². The highest BCUT2D eigenvalue weighted by atomic mass is 31.1. The molecule has 0 N–H and O–H groups in total. The Balaban J connectivity index is 2.01. The van der Waals surface area contributed by atoms with E-state index in [1.165, 1.54) is 69.5 Å². The van der Waals surface area contributed by atoms with Crippen molar-refractivity contribution in [2.75, 3.05) is 20.4 Å². The van der Waals surface area contributed by atoms with Gasteiger partial charge in [-0.1, -0.05) is 83.7 Å². The van der Waals surface area contributed by atoms with E-state index in [1.54, 1.807) is 19.5 Å². The van der Waals surface area contributed by atoms with Crippen LogP contribution >= 0.6 is 7.92 Å². The van der Waals surface area contributed by atoms with E-state index in [0.717, 1.165) is 22.7 Å². The van der Waals surface area contributed by atoms with Gasteiger partial charge in [-0.15, -0.1) is 0 Å². The zero-order valence-corrected chi connectivity index (χ0v) is 19.3. The van der Waals surface area contributed by atoms with Crippen LogP contribution in [0.4, 0.5) is 0 Å². The van der Waals surface area contributed by atoms with Crippen molar-refractivity contribution in [1.29, 1.82) is 0 Å². The largest absolute Gasteiger partial charge is 0.496 e. The zero-order valence-electron chi connectivity index (χ0n) is 18.5. The molecule has 1 atom stereocenters. The third kappa shape index (κ3) is 5.54. The van der Waals surface area contributed by atoms with E-state index in [4.69, 9.17) is 9.47 Å². The molecule has 0 amide bonds. The van der Waals surface area contributed by atoms with Crippen molar-refractivity contribution in [3.8, 4) is 22.6 Å². The van der Waals surface area contributed by atoms with Crippen LogP contribution in [0.25, 0.3) is 11.1 Å². The van der Waals surface area contributed by atoms with Crippen molar-refractivity contribution in [1.82, 2.24) is 0 Å². The van der Waals surface area contributed by atoms with Gasteiger partial charge in [0, 0.05) is 0 Å². The van der Waals surface area contributed by atoms with E-state index in [0.29, 0.717) is 0 Å². The van der Waals surface area contributed by atoms with Gasteiger partial charge in [0.2, 0.25) is 0 Å². The minimum absolute atomic E-state index is 0.181. The first-order chi connectivity index (χ1) is 14.3. The highest BCUT2D eigenvalue weighted by Gasteiger charge is 2.27. The second-order valence-electron chi connectivity index (χ2n) is 8.10. The summed E-state index contributed by atoms with van der Waals surface area (Å²) in [4.78, 5) is 0. The van der Waals surface area contributed by atoms with Gasteiger partial charge in [0.1, 0.15) is 11.5 Å². The number of methoxy groups -OCH3 is 2. The molecule has 2 aromatic rings. The maximum absolute atomic E-state index is 5.76. The molecule has 1 aliphatic carbocycles. The quantitative estimate of drug-likeness (QED) is 0.299. The van der Waals surface area contributed by atoms with Gasteiger partial charge in [-0.05, 0) is 54.1 Å². The first-order valence-electron chi connectivity index (χ1n) is 11.4. The van der Waals surface area contributed by atoms with Crippen molar-refractivity contribution in [3.05, 3.63) is 42.5 Å². The summed E-state index contributed by atoms with van der Waals surface area (Å²) < 4.78 is 11.5. The van der Waals surface area contributed by atoms with Gasteiger partial charge >= 0.3 is 0 Å². The van der Waals surface area contributed by atoms with E-state index in [2.05, 4.69) is 43.3 Å². The fourth-order valence-electron chi connectivity index (χ4n) is 4.65. The second kappa shape index (κ2) is 11.6. The van der Waals surface area contributed by atoms with Gasteiger partial charge < -0.3 is 9.47 Å². The molecule has 1 unspecified atom stereocenters. The first-order valence-corrected chi connectivity index (χ1v) is 13.0. The number of rotatable bonds is 10. The molecule has 1 aliphatic rings. The predicted molar refractivity (Wildman–Crippen MR) is 127 cm³/mol. The van der Waals surface area contributed by atoms with E-state index >= 15 is 0 Å². The van der Waals surface area contributed by atoms with E-state index in [9.17, 15) is 0 Å². The van der Waals surface area contributed by atoms with Crippen LogP contribution in [0.2, 0.25) is 0 Å². The van der Waals surface area contributed by atoms with Crippen LogP contribution < -0.4 is 14.8 Å². The molecule has 0 spiro atoms. The standard InChI is InChI=1S/C26H37O2P/c1-4-5-6-12-20-29(21-14-8-7-9-15-21)25-19-11-10-16-22(25)26-23(27-2)17-13-18-24(26)28-3/h10-11,13,16-19,21H,4-9,12,14-15,20H2,1-3H3. The molecular formula is C26H37O2P. The highest BCUT2D eigenvalue weighted by molar-refractivity contribution is 7.66. The fourth-order valence-corrected chi connectivity index (χ4v) is 7.98. The summed E-state index contributed by atoms with van der Waals surface area (Å²) in [5.74, 6) is 1.81. The van der Waals surface area contributed by atoms with Gasteiger partial charge in [0.05, 0.1) is 19.8 Å². The molecule has 0 bridgehead atoms. The molecule has 1 saturated carbocycles. The van der Waals surface area contributed by atoms with E-state index < -0.39 is 0 Å². The summed E-state index contributed by atoms with van der Waals surface area (Å²) in [5, 5.41) is 1.55. The average molecular weight is 413 g/mol. The number of hydrogen-bond acceptors (Lipinski definition) is 2. The number of hydrogen-bond donors (Lipinski definition) is 0. The number of unbranched alkanes of at least 4 members (excludes halogenated alkanes) is 3. The summed E-state index contributed by atoms with van der Waals surface area (Å²) in [6, 6.07) is 15.2. The Morgan fingerprint density at radius 3 is 2.17 bits per heavy atom. The molecule has 0 aromatic heterocycles. The Kier molecular flexibility index (Phi) is 8.87. The van der Waals surface area contributed by atoms with Crippen molar-refractivity contribution >= 4 is 13.2 Å². The summed E-state index contributed by atoms with van der Waals surface area (Å²) in [7, 11) is 3.34. The molecule has 0 saturated heterocycles. The lowest BCUT2D eigenvalue weighted by atomic mass is 10.0. The predicted octanol–water partition coefficient (Wildman–Crippen LogP) is 7.39. The molecular weight excluding hydrogens is 375 g/mol. The molecule has 0 heterocycles. The Bertz CT molecular complexity index is 730. The minimum atomic E-state index is -0.181. The summed E-state index contributed by atoms with van der Waals surface area (Å²) in [5.41, 5.74) is 3.29. The van der Waals surface area contributed by atoms with Crippen molar-refractivity contribution < 1.29 is 9.47 Å². The average Bonchev–Trinajstić information content (AvgIpc) is 2.79. The van der Waals surface area contributed by atoms with Crippen LogP contribution in [0, 0.1) is 0 Å². The van der Waals surface area contributed by atoms with Crippen LogP contribution in [-0.4, -0.2) is 26.0 Å². The monoisotopic (exact) mass is 412 g/mol. The third-order valence-electron chi connectivity index (χ3n) is 6.18. The van der Waals surface area contributed by atoms with Gasteiger partial charge in [-0.25, -0.2) is 0 Å². The molecule has 158 valence electrons. The lowest BCUT2D eigenvalue weighted by Crippen LogP contribution is -2.20. The van der Waals surface area contributed by atoms with E-state index in [1.807, 2.05) is 6.07 Å². The molecule has 0 aliphatic heterocycles. The lowest BCUT2D eigenvalue weighted by molar-refractivity contribution is 0.397. The van der Waals surface area contributed by atoms with Crippen LogP contribution in [0.1, 0.15) is 64.7 Å². The summed E-state index contributed by atoms with van der Waals surface area (Å²) in [6.45, 7) is 2.30. The Hall–Kier alpha value is -1.53. The smallest absolute Gasteiger partial charge is 0.130 e. The van der Waals surface area contributed by atoms with Crippen molar-refractivity contribution in [2.45, 2.75) is 70.4 Å². The van der Waals surface area contributed by atoms with Crippen LogP contribution in [0.15, 0.2) is 42.5 Å². The van der Waals surface area contributed by atoms with Crippen LogP contribution in [0.5, 0.6) is 11.5 Å². The normalized spacial score (nSPS) is 15.8. The van der Waals surface area contributed by atoms with Crippen LogP contribution in [-0.2, 0) is 0 Å². The zero-order chi connectivity index (χ0) is 20.5. The first kappa shape index (κ1) is 22.2. The lowest BCUT2D eigenvalue weighted by Gasteiger charge is -2.33. The van der Waals surface area contributed by atoms with Gasteiger partial charge in [-0.2, -0.15) is 0 Å². The Labute approximate surface area is 178 Å². The Morgan fingerprint density at radius 1 is 0.828 bits per heavy atom. The van der Waals surface area contributed by atoms with Crippen molar-refractivity contribution in [2.24, 2.45) is 0 Å².